The smallest absolute Gasteiger partial charge is 0.209 e. The molecule has 3 heteroatoms. The molecule has 1 N–H and O–H groups in total. The van der Waals surface area contributed by atoms with Gasteiger partial charge in [0.2, 0.25) is 5.78 Å². The normalized spacial score (nSPS) is 13.3. The molecular weight excluding hydrogens is 382 g/mol. The predicted molar refractivity (Wildman–Crippen MR) is 131 cm³/mol. The summed E-state index contributed by atoms with van der Waals surface area (Å²) in [4.78, 5) is 24.6. The summed E-state index contributed by atoms with van der Waals surface area (Å²) < 4.78 is 0. The number of carbonyl (C=O) groups excluding carboxylic acids is 2. The molecule has 0 fully saturated rings. The molecule has 1 aromatic rings. The van der Waals surface area contributed by atoms with Crippen LogP contribution in [0.4, 0.5) is 0 Å². The Balaban J connectivity index is 1.39. The van der Waals surface area contributed by atoms with Gasteiger partial charge in [-0.3, -0.25) is 9.59 Å². The summed E-state index contributed by atoms with van der Waals surface area (Å²) >= 11 is 0. The number of hydrogen-bond donors (Lipinski definition) is 1. The highest BCUT2D eigenvalue weighted by Crippen LogP contribution is 2.20. The van der Waals surface area contributed by atoms with Crippen LogP contribution in [0.1, 0.15) is 130 Å². The van der Waals surface area contributed by atoms with Gasteiger partial charge in [0, 0.05) is 23.7 Å². The van der Waals surface area contributed by atoms with Crippen LogP contribution in [0.5, 0.6) is 0 Å². The van der Waals surface area contributed by atoms with E-state index >= 15 is 0 Å². The molecule has 1 aliphatic rings. The van der Waals surface area contributed by atoms with Gasteiger partial charge in [-0.15, -0.1) is 0 Å². The predicted octanol–water partition coefficient (Wildman–Crippen LogP) is 7.80. The molecule has 0 unspecified atom stereocenters. The van der Waals surface area contributed by atoms with Crippen molar-refractivity contribution in [2.24, 2.45) is 0 Å². The van der Waals surface area contributed by atoms with Gasteiger partial charge < -0.3 is 5.32 Å². The third kappa shape index (κ3) is 9.84. The molecule has 0 aliphatic heterocycles. The van der Waals surface area contributed by atoms with Crippen molar-refractivity contribution in [3.05, 3.63) is 47.2 Å². The fourth-order valence-electron chi connectivity index (χ4n) is 4.34. The molecule has 0 amide bonds. The van der Waals surface area contributed by atoms with Gasteiger partial charge >= 0.3 is 0 Å². The summed E-state index contributed by atoms with van der Waals surface area (Å²) in [6.45, 7) is 3.03. The average Bonchev–Trinajstić information content (AvgIpc) is 2.79. The van der Waals surface area contributed by atoms with E-state index in [1.165, 1.54) is 102 Å². The van der Waals surface area contributed by atoms with E-state index < -0.39 is 0 Å². The highest BCUT2D eigenvalue weighted by atomic mass is 16.1. The Morgan fingerprint density at radius 1 is 0.613 bits per heavy atom. The molecule has 2 rings (SSSR count). The van der Waals surface area contributed by atoms with Crippen LogP contribution >= 0.6 is 0 Å². The number of Topliss-reactive ketones (excluding diaryl/α,β-unsaturated/α-hetero) is 1. The van der Waals surface area contributed by atoms with Crippen molar-refractivity contribution in [3.8, 4) is 0 Å². The summed E-state index contributed by atoms with van der Waals surface area (Å²) in [5.41, 5.74) is 1.48. The van der Waals surface area contributed by atoms with Gasteiger partial charge in [0.1, 0.15) is 0 Å². The van der Waals surface area contributed by atoms with Gasteiger partial charge in [0.05, 0.1) is 5.70 Å². The number of fused-ring (bicyclic) bond motifs is 1. The van der Waals surface area contributed by atoms with E-state index in [1.807, 2.05) is 6.07 Å². The Morgan fingerprint density at radius 3 is 1.58 bits per heavy atom. The molecule has 3 nitrogen and oxygen atoms in total. The molecule has 31 heavy (non-hydrogen) atoms. The molecular formula is C28H43NO2. The Hall–Kier alpha value is -1.90. The lowest BCUT2D eigenvalue weighted by atomic mass is 9.93. The van der Waals surface area contributed by atoms with Crippen LogP contribution in [0.15, 0.2) is 36.0 Å². The molecule has 0 atom stereocenters. The lowest BCUT2D eigenvalue weighted by Crippen LogP contribution is -2.27. The van der Waals surface area contributed by atoms with E-state index in [-0.39, 0.29) is 11.6 Å². The van der Waals surface area contributed by atoms with Gasteiger partial charge in [-0.2, -0.15) is 0 Å². The Kier molecular flexibility index (Phi) is 13.0. The molecule has 0 aromatic heterocycles. The highest BCUT2D eigenvalue weighted by molar-refractivity contribution is 6.24. The zero-order chi connectivity index (χ0) is 22.2. The van der Waals surface area contributed by atoms with Crippen LogP contribution < -0.4 is 5.32 Å². The van der Waals surface area contributed by atoms with Crippen LogP contribution in [0.2, 0.25) is 0 Å². The standard InChI is InChI=1S/C28H43NO2/c1-2-3-4-5-6-7-8-9-10-11-12-13-14-15-16-19-22-29-26-23-27(30)24-20-17-18-21-25(24)28(26)31/h17-18,20-21,23,29H,2-16,19,22H2,1H3. The van der Waals surface area contributed by atoms with Gasteiger partial charge in [-0.1, -0.05) is 128 Å². The fraction of sp³-hybridized carbons (Fsp3) is 0.643. The number of ketones is 2. The van der Waals surface area contributed by atoms with Gasteiger partial charge in [-0.25, -0.2) is 0 Å². The molecule has 0 saturated heterocycles. The van der Waals surface area contributed by atoms with Gasteiger partial charge in [0.15, 0.2) is 5.78 Å². The maximum absolute atomic E-state index is 12.5. The summed E-state index contributed by atoms with van der Waals surface area (Å²) in [5, 5.41) is 3.18. The average molecular weight is 426 g/mol. The third-order valence-electron chi connectivity index (χ3n) is 6.30. The van der Waals surface area contributed by atoms with Crippen molar-refractivity contribution >= 4 is 11.6 Å². The Morgan fingerprint density at radius 2 is 1.06 bits per heavy atom. The molecule has 0 spiro atoms. The van der Waals surface area contributed by atoms with Crippen molar-refractivity contribution in [1.82, 2.24) is 5.32 Å². The zero-order valence-electron chi connectivity index (χ0n) is 19.7. The number of benzene rings is 1. The number of allylic oxidation sites excluding steroid dienone is 2. The van der Waals surface area contributed by atoms with Crippen LogP contribution in [0.3, 0.4) is 0 Å². The monoisotopic (exact) mass is 425 g/mol. The molecule has 0 heterocycles. The van der Waals surface area contributed by atoms with Crippen LogP contribution in [0, 0.1) is 0 Å². The summed E-state index contributed by atoms with van der Waals surface area (Å²) in [6.07, 6.45) is 23.1. The first kappa shape index (κ1) is 25.4. The number of nitrogens with one attached hydrogen (secondary N) is 1. The van der Waals surface area contributed by atoms with Gasteiger partial charge in [0.25, 0.3) is 0 Å². The largest absolute Gasteiger partial charge is 0.382 e. The quantitative estimate of drug-likeness (QED) is 0.244. The van der Waals surface area contributed by atoms with E-state index in [0.717, 1.165) is 13.0 Å². The molecule has 0 saturated carbocycles. The van der Waals surface area contributed by atoms with Crippen molar-refractivity contribution in [2.75, 3.05) is 6.54 Å². The lowest BCUT2D eigenvalue weighted by molar-refractivity contribution is 0.0978. The minimum atomic E-state index is -0.0790. The number of hydrogen-bond acceptors (Lipinski definition) is 3. The Labute approximate surface area is 190 Å². The first-order valence-electron chi connectivity index (χ1n) is 12.9. The fourth-order valence-corrected chi connectivity index (χ4v) is 4.34. The van der Waals surface area contributed by atoms with Crippen molar-refractivity contribution in [3.63, 3.8) is 0 Å². The lowest BCUT2D eigenvalue weighted by Gasteiger charge is -2.16. The maximum Gasteiger partial charge on any atom is 0.209 e. The summed E-state index contributed by atoms with van der Waals surface area (Å²) in [6, 6.07) is 7.06. The second-order valence-corrected chi connectivity index (χ2v) is 9.03. The maximum atomic E-state index is 12.5. The van der Waals surface area contributed by atoms with Crippen LogP contribution in [-0.2, 0) is 0 Å². The second kappa shape index (κ2) is 15.8. The summed E-state index contributed by atoms with van der Waals surface area (Å²) in [5.74, 6) is -0.142. The highest BCUT2D eigenvalue weighted by Gasteiger charge is 2.24. The number of rotatable bonds is 18. The van der Waals surface area contributed by atoms with E-state index in [2.05, 4.69) is 12.2 Å². The van der Waals surface area contributed by atoms with Crippen LogP contribution in [-0.4, -0.2) is 18.1 Å². The molecule has 172 valence electrons. The third-order valence-corrected chi connectivity index (χ3v) is 6.30. The van der Waals surface area contributed by atoms with Crippen LogP contribution in [0.25, 0.3) is 0 Å². The van der Waals surface area contributed by atoms with Crippen molar-refractivity contribution < 1.29 is 9.59 Å². The minimum Gasteiger partial charge on any atom is -0.382 e. The van der Waals surface area contributed by atoms with E-state index in [1.54, 1.807) is 18.2 Å². The SMILES string of the molecule is CCCCCCCCCCCCCCCCCCNC1=CC(=O)c2ccccc2C1=O. The molecule has 0 radical (unpaired) electrons. The van der Waals surface area contributed by atoms with E-state index in [4.69, 9.17) is 0 Å². The number of unbranched alkanes of at least 4 members (excludes halogenated alkanes) is 15. The second-order valence-electron chi connectivity index (χ2n) is 9.03. The van der Waals surface area contributed by atoms with Gasteiger partial charge in [-0.05, 0) is 6.42 Å². The molecule has 1 aliphatic carbocycles. The topological polar surface area (TPSA) is 46.2 Å². The number of carbonyl (C=O) groups is 2. The van der Waals surface area contributed by atoms with E-state index in [9.17, 15) is 9.59 Å². The van der Waals surface area contributed by atoms with E-state index in [0.29, 0.717) is 16.8 Å². The first-order chi connectivity index (χ1) is 15.2. The van der Waals surface area contributed by atoms with Crippen molar-refractivity contribution in [2.45, 2.75) is 110 Å². The minimum absolute atomic E-state index is 0.0632. The molecule has 1 aromatic carbocycles. The van der Waals surface area contributed by atoms with Crippen molar-refractivity contribution in [1.29, 1.82) is 0 Å². The Bertz CT molecular complexity index is 692. The molecule has 0 bridgehead atoms. The zero-order valence-corrected chi connectivity index (χ0v) is 19.7. The first-order valence-corrected chi connectivity index (χ1v) is 12.9. The summed E-state index contributed by atoms with van der Waals surface area (Å²) in [7, 11) is 0.